The first-order chi connectivity index (χ1) is 6.69. The van der Waals surface area contributed by atoms with Gasteiger partial charge in [-0.25, -0.2) is 0 Å². The van der Waals surface area contributed by atoms with E-state index in [0.29, 0.717) is 6.61 Å². The third kappa shape index (κ3) is 2.41. The molecule has 0 aromatic heterocycles. The molecular formula is C12H17O2. The third-order valence-electron chi connectivity index (χ3n) is 2.06. The predicted octanol–water partition coefficient (Wildman–Crippen LogP) is 3.03. The van der Waals surface area contributed by atoms with E-state index in [2.05, 4.69) is 13.8 Å². The maximum Gasteiger partial charge on any atom is 0.161 e. The maximum absolute atomic E-state index is 5.47. The molecule has 1 aromatic rings. The highest BCUT2D eigenvalue weighted by atomic mass is 16.5. The van der Waals surface area contributed by atoms with Crippen molar-refractivity contribution in [3.8, 4) is 11.5 Å². The molecule has 1 atom stereocenters. The molecule has 77 valence electrons. The van der Waals surface area contributed by atoms with E-state index < -0.39 is 0 Å². The van der Waals surface area contributed by atoms with Gasteiger partial charge in [0.2, 0.25) is 0 Å². The molecule has 0 aliphatic carbocycles. The van der Waals surface area contributed by atoms with E-state index in [-0.39, 0.29) is 5.92 Å². The number of hydrogen-bond donors (Lipinski definition) is 0. The van der Waals surface area contributed by atoms with Gasteiger partial charge >= 0.3 is 0 Å². The summed E-state index contributed by atoms with van der Waals surface area (Å²) in [5, 5.41) is 0. The summed E-state index contributed by atoms with van der Waals surface area (Å²) in [6, 6.07) is 5.92. The highest BCUT2D eigenvalue weighted by molar-refractivity contribution is 5.44. The monoisotopic (exact) mass is 193 g/mol. The first-order valence-electron chi connectivity index (χ1n) is 4.82. The van der Waals surface area contributed by atoms with Crippen molar-refractivity contribution in [2.24, 2.45) is 0 Å². The topological polar surface area (TPSA) is 18.5 Å². The molecule has 0 aliphatic rings. The van der Waals surface area contributed by atoms with Crippen LogP contribution in [0.25, 0.3) is 0 Å². The van der Waals surface area contributed by atoms with Crippen LogP contribution in [0.1, 0.15) is 25.3 Å². The van der Waals surface area contributed by atoms with Gasteiger partial charge in [0.1, 0.15) is 0 Å². The second-order valence-corrected chi connectivity index (χ2v) is 3.24. The summed E-state index contributed by atoms with van der Waals surface area (Å²) >= 11 is 0. The summed E-state index contributed by atoms with van der Waals surface area (Å²) in [4.78, 5) is 0. The Morgan fingerprint density at radius 2 is 2.07 bits per heavy atom. The number of benzene rings is 1. The fraction of sp³-hybridized carbons (Fsp3) is 0.417. The summed E-state index contributed by atoms with van der Waals surface area (Å²) < 4.78 is 10.7. The van der Waals surface area contributed by atoms with Gasteiger partial charge in [-0.3, -0.25) is 0 Å². The molecule has 1 rings (SSSR count). The lowest BCUT2D eigenvalue weighted by Crippen LogP contribution is -1.97. The first-order valence-corrected chi connectivity index (χ1v) is 4.82. The molecule has 1 unspecified atom stereocenters. The van der Waals surface area contributed by atoms with Crippen molar-refractivity contribution in [2.45, 2.75) is 19.8 Å². The summed E-state index contributed by atoms with van der Waals surface area (Å²) in [6.45, 7) is 8.62. The zero-order chi connectivity index (χ0) is 10.6. The molecule has 0 aliphatic heterocycles. The van der Waals surface area contributed by atoms with Crippen LogP contribution in [0.15, 0.2) is 18.2 Å². The van der Waals surface area contributed by atoms with Gasteiger partial charge in [0.25, 0.3) is 0 Å². The standard InChI is InChI=1S/C12H17O2/c1-5-14-12-8-10(9(2)3)6-7-11(12)13-4/h6-9H,2,5H2,1,3-4H3. The van der Waals surface area contributed by atoms with Crippen LogP contribution in [0.2, 0.25) is 0 Å². The number of ether oxygens (including phenoxy) is 2. The van der Waals surface area contributed by atoms with E-state index in [1.165, 1.54) is 0 Å². The molecular weight excluding hydrogens is 176 g/mol. The Kier molecular flexibility index (Phi) is 3.81. The first kappa shape index (κ1) is 10.9. The Bertz CT molecular complexity index is 292. The number of rotatable bonds is 4. The lowest BCUT2D eigenvalue weighted by Gasteiger charge is -2.12. The second-order valence-electron chi connectivity index (χ2n) is 3.24. The summed E-state index contributed by atoms with van der Waals surface area (Å²) in [5.74, 6) is 1.83. The van der Waals surface area contributed by atoms with Crippen LogP contribution in [0.3, 0.4) is 0 Å². The largest absolute Gasteiger partial charge is 0.493 e. The van der Waals surface area contributed by atoms with Crippen molar-refractivity contribution in [2.75, 3.05) is 13.7 Å². The van der Waals surface area contributed by atoms with E-state index in [0.717, 1.165) is 17.1 Å². The average Bonchev–Trinajstić information content (AvgIpc) is 2.18. The minimum absolute atomic E-state index is 0.264. The summed E-state index contributed by atoms with van der Waals surface area (Å²) in [5.41, 5.74) is 1.16. The zero-order valence-electron chi connectivity index (χ0n) is 9.04. The summed E-state index contributed by atoms with van der Waals surface area (Å²) in [7, 11) is 1.64. The van der Waals surface area contributed by atoms with Crippen molar-refractivity contribution >= 4 is 0 Å². The smallest absolute Gasteiger partial charge is 0.161 e. The quantitative estimate of drug-likeness (QED) is 0.731. The van der Waals surface area contributed by atoms with Crippen LogP contribution < -0.4 is 9.47 Å². The van der Waals surface area contributed by atoms with Crippen molar-refractivity contribution < 1.29 is 9.47 Å². The molecule has 2 heteroatoms. The van der Waals surface area contributed by atoms with Gasteiger partial charge in [-0.2, -0.15) is 0 Å². The van der Waals surface area contributed by atoms with E-state index >= 15 is 0 Å². The molecule has 0 saturated heterocycles. The van der Waals surface area contributed by atoms with Crippen LogP contribution in [-0.4, -0.2) is 13.7 Å². The molecule has 2 nitrogen and oxygen atoms in total. The fourth-order valence-electron chi connectivity index (χ4n) is 1.27. The lowest BCUT2D eigenvalue weighted by atomic mass is 10.0. The van der Waals surface area contributed by atoms with Crippen LogP contribution in [0.5, 0.6) is 11.5 Å². The van der Waals surface area contributed by atoms with Crippen molar-refractivity contribution in [1.82, 2.24) is 0 Å². The Balaban J connectivity index is 3.01. The second kappa shape index (κ2) is 4.89. The maximum atomic E-state index is 5.47. The molecule has 0 saturated carbocycles. The third-order valence-corrected chi connectivity index (χ3v) is 2.06. The Morgan fingerprint density at radius 1 is 1.36 bits per heavy atom. The summed E-state index contributed by atoms with van der Waals surface area (Å²) in [6.07, 6.45) is 0. The molecule has 0 N–H and O–H groups in total. The van der Waals surface area contributed by atoms with Gasteiger partial charge in [-0.15, -0.1) is 0 Å². The number of hydrogen-bond acceptors (Lipinski definition) is 2. The van der Waals surface area contributed by atoms with Crippen LogP contribution in [0.4, 0.5) is 0 Å². The zero-order valence-corrected chi connectivity index (χ0v) is 9.04. The van der Waals surface area contributed by atoms with Crippen molar-refractivity contribution in [1.29, 1.82) is 0 Å². The van der Waals surface area contributed by atoms with Crippen molar-refractivity contribution in [3.63, 3.8) is 0 Å². The van der Waals surface area contributed by atoms with E-state index in [9.17, 15) is 0 Å². The predicted molar refractivity (Wildman–Crippen MR) is 57.9 cm³/mol. The lowest BCUT2D eigenvalue weighted by molar-refractivity contribution is 0.310. The van der Waals surface area contributed by atoms with E-state index in [4.69, 9.17) is 9.47 Å². The van der Waals surface area contributed by atoms with Gasteiger partial charge in [-0.05, 0) is 37.5 Å². The van der Waals surface area contributed by atoms with Gasteiger partial charge < -0.3 is 9.47 Å². The Hall–Kier alpha value is -1.18. The molecule has 0 heterocycles. The molecule has 1 radical (unpaired) electrons. The normalized spacial score (nSPS) is 10.4. The fourth-order valence-corrected chi connectivity index (χ4v) is 1.27. The SMILES string of the molecule is [CH2]C(C)c1ccc(OC)c(OCC)c1. The highest BCUT2D eigenvalue weighted by Gasteiger charge is 2.06. The highest BCUT2D eigenvalue weighted by Crippen LogP contribution is 2.30. The average molecular weight is 193 g/mol. The molecule has 1 aromatic carbocycles. The van der Waals surface area contributed by atoms with E-state index in [1.807, 2.05) is 25.1 Å². The van der Waals surface area contributed by atoms with E-state index in [1.54, 1.807) is 7.11 Å². The van der Waals surface area contributed by atoms with Crippen molar-refractivity contribution in [3.05, 3.63) is 30.7 Å². The minimum Gasteiger partial charge on any atom is -0.493 e. The van der Waals surface area contributed by atoms with Gasteiger partial charge in [0.15, 0.2) is 11.5 Å². The van der Waals surface area contributed by atoms with Gasteiger partial charge in [0, 0.05) is 0 Å². The Labute approximate surface area is 85.8 Å². The van der Waals surface area contributed by atoms with Crippen LogP contribution in [0, 0.1) is 6.92 Å². The Morgan fingerprint density at radius 3 is 2.57 bits per heavy atom. The molecule has 14 heavy (non-hydrogen) atoms. The van der Waals surface area contributed by atoms with Crippen LogP contribution in [-0.2, 0) is 0 Å². The number of methoxy groups -OCH3 is 1. The molecule has 0 amide bonds. The van der Waals surface area contributed by atoms with Crippen LogP contribution >= 0.6 is 0 Å². The van der Waals surface area contributed by atoms with Gasteiger partial charge in [0.05, 0.1) is 13.7 Å². The van der Waals surface area contributed by atoms with Gasteiger partial charge in [-0.1, -0.05) is 13.0 Å². The molecule has 0 bridgehead atoms. The molecule has 0 fully saturated rings. The molecule has 0 spiro atoms. The minimum atomic E-state index is 0.264.